The smallest absolute Gasteiger partial charge is 0.193 e. The summed E-state index contributed by atoms with van der Waals surface area (Å²) in [6.45, 7) is 6.24. The van der Waals surface area contributed by atoms with E-state index in [2.05, 4.69) is 75.7 Å². The van der Waals surface area contributed by atoms with Crippen molar-refractivity contribution in [3.63, 3.8) is 0 Å². The summed E-state index contributed by atoms with van der Waals surface area (Å²) in [5.74, 6) is 0.903. The standard InChI is InChI=1S/C22H30N4O.HI/c1-23-22(25(2)17-19-8-4-3-5-9-19)24-16-20-10-6-7-11-21(20)18-26-12-14-27-15-13-26;/h3-11H,12-18H2,1-2H3,(H,23,24);1H. The Bertz CT molecular complexity index is 732. The van der Waals surface area contributed by atoms with Crippen molar-refractivity contribution in [1.82, 2.24) is 15.1 Å². The molecule has 0 saturated carbocycles. The molecule has 3 rings (SSSR count). The molecule has 0 spiro atoms. The monoisotopic (exact) mass is 494 g/mol. The number of ether oxygens (including phenoxy) is 1. The Morgan fingerprint density at radius 2 is 1.68 bits per heavy atom. The van der Waals surface area contributed by atoms with E-state index >= 15 is 0 Å². The van der Waals surface area contributed by atoms with Crippen LogP contribution in [0.15, 0.2) is 59.6 Å². The van der Waals surface area contributed by atoms with Crippen molar-refractivity contribution >= 4 is 29.9 Å². The van der Waals surface area contributed by atoms with Crippen LogP contribution in [0.4, 0.5) is 0 Å². The highest BCUT2D eigenvalue weighted by Gasteiger charge is 2.13. The predicted molar refractivity (Wildman–Crippen MR) is 126 cm³/mol. The highest BCUT2D eigenvalue weighted by Crippen LogP contribution is 2.13. The molecule has 0 radical (unpaired) electrons. The van der Waals surface area contributed by atoms with Crippen molar-refractivity contribution in [3.8, 4) is 0 Å². The molecule has 2 aromatic rings. The fourth-order valence-electron chi connectivity index (χ4n) is 3.38. The van der Waals surface area contributed by atoms with Crippen molar-refractivity contribution in [1.29, 1.82) is 0 Å². The molecule has 1 aliphatic heterocycles. The first-order valence-electron chi connectivity index (χ1n) is 9.59. The number of hydrogen-bond donors (Lipinski definition) is 1. The summed E-state index contributed by atoms with van der Waals surface area (Å²) in [6, 6.07) is 19.1. The minimum absolute atomic E-state index is 0. The van der Waals surface area contributed by atoms with Crippen LogP contribution in [0.1, 0.15) is 16.7 Å². The van der Waals surface area contributed by atoms with Gasteiger partial charge in [0.05, 0.1) is 13.2 Å². The summed E-state index contributed by atoms with van der Waals surface area (Å²) in [4.78, 5) is 9.06. The maximum Gasteiger partial charge on any atom is 0.193 e. The third-order valence-corrected chi connectivity index (χ3v) is 4.89. The first-order chi connectivity index (χ1) is 13.3. The number of hydrogen-bond acceptors (Lipinski definition) is 3. The highest BCUT2D eigenvalue weighted by molar-refractivity contribution is 14.0. The van der Waals surface area contributed by atoms with Gasteiger partial charge in [-0.15, -0.1) is 24.0 Å². The number of guanidine groups is 1. The number of nitrogens with one attached hydrogen (secondary N) is 1. The van der Waals surface area contributed by atoms with Crippen LogP contribution < -0.4 is 5.32 Å². The van der Waals surface area contributed by atoms with E-state index in [0.717, 1.165) is 51.9 Å². The molecule has 1 N–H and O–H groups in total. The van der Waals surface area contributed by atoms with Crippen LogP contribution in [0.3, 0.4) is 0 Å². The average Bonchev–Trinajstić information content (AvgIpc) is 2.71. The van der Waals surface area contributed by atoms with Crippen molar-refractivity contribution in [2.24, 2.45) is 4.99 Å². The summed E-state index contributed by atoms with van der Waals surface area (Å²) in [7, 11) is 3.91. The van der Waals surface area contributed by atoms with E-state index in [1.54, 1.807) is 0 Å². The largest absolute Gasteiger partial charge is 0.379 e. The second-order valence-electron chi connectivity index (χ2n) is 6.90. The van der Waals surface area contributed by atoms with E-state index in [-0.39, 0.29) is 24.0 Å². The van der Waals surface area contributed by atoms with Gasteiger partial charge in [0.25, 0.3) is 0 Å². The molecule has 0 bridgehead atoms. The lowest BCUT2D eigenvalue weighted by molar-refractivity contribution is 0.0341. The zero-order valence-electron chi connectivity index (χ0n) is 16.8. The number of rotatable bonds is 6. The minimum atomic E-state index is 0. The first-order valence-corrected chi connectivity index (χ1v) is 9.59. The molecular formula is C22H31IN4O. The maximum absolute atomic E-state index is 5.46. The summed E-state index contributed by atoms with van der Waals surface area (Å²) < 4.78 is 5.46. The topological polar surface area (TPSA) is 40.1 Å². The van der Waals surface area contributed by atoms with Gasteiger partial charge in [0.1, 0.15) is 0 Å². The molecule has 6 heteroatoms. The second kappa shape index (κ2) is 12.0. The molecule has 0 aromatic heterocycles. The fraction of sp³-hybridized carbons (Fsp3) is 0.409. The van der Waals surface area contributed by atoms with Crippen LogP contribution in [0.2, 0.25) is 0 Å². The van der Waals surface area contributed by atoms with Gasteiger partial charge in [0.2, 0.25) is 0 Å². The molecule has 0 amide bonds. The lowest BCUT2D eigenvalue weighted by Crippen LogP contribution is -2.38. The van der Waals surface area contributed by atoms with Gasteiger partial charge in [0.15, 0.2) is 5.96 Å². The molecule has 152 valence electrons. The van der Waals surface area contributed by atoms with Gasteiger partial charge >= 0.3 is 0 Å². The molecule has 1 saturated heterocycles. The van der Waals surface area contributed by atoms with Gasteiger partial charge in [0, 0.05) is 46.8 Å². The molecule has 0 atom stereocenters. The number of halogens is 1. The van der Waals surface area contributed by atoms with Crippen molar-refractivity contribution in [3.05, 3.63) is 71.3 Å². The van der Waals surface area contributed by atoms with Crippen LogP contribution in [0, 0.1) is 0 Å². The van der Waals surface area contributed by atoms with Gasteiger partial charge in [-0.1, -0.05) is 54.6 Å². The van der Waals surface area contributed by atoms with Crippen molar-refractivity contribution in [2.45, 2.75) is 19.6 Å². The Morgan fingerprint density at radius 1 is 1.04 bits per heavy atom. The normalized spacial score (nSPS) is 15.0. The SMILES string of the molecule is CN=C(NCc1ccccc1CN1CCOCC1)N(C)Cc1ccccc1.I. The van der Waals surface area contributed by atoms with Gasteiger partial charge in [-0.2, -0.15) is 0 Å². The maximum atomic E-state index is 5.46. The van der Waals surface area contributed by atoms with Gasteiger partial charge in [-0.3, -0.25) is 9.89 Å². The molecular weight excluding hydrogens is 463 g/mol. The van der Waals surface area contributed by atoms with E-state index in [1.165, 1.54) is 16.7 Å². The number of nitrogens with zero attached hydrogens (tertiary/aromatic N) is 3. The fourth-order valence-corrected chi connectivity index (χ4v) is 3.38. The van der Waals surface area contributed by atoms with E-state index in [4.69, 9.17) is 4.74 Å². The van der Waals surface area contributed by atoms with Crippen molar-refractivity contribution in [2.75, 3.05) is 40.4 Å². The minimum Gasteiger partial charge on any atom is -0.379 e. The third-order valence-electron chi connectivity index (χ3n) is 4.89. The quantitative estimate of drug-likeness (QED) is 0.380. The molecule has 1 aliphatic rings. The third kappa shape index (κ3) is 6.76. The first kappa shape index (κ1) is 22.6. The Balaban J connectivity index is 0.00000280. The average molecular weight is 494 g/mol. The number of benzene rings is 2. The summed E-state index contributed by atoms with van der Waals surface area (Å²) in [5.41, 5.74) is 3.96. The van der Waals surface area contributed by atoms with E-state index in [9.17, 15) is 0 Å². The lowest BCUT2D eigenvalue weighted by Gasteiger charge is -2.28. The Morgan fingerprint density at radius 3 is 2.36 bits per heavy atom. The van der Waals surface area contributed by atoms with Crippen LogP contribution >= 0.6 is 24.0 Å². The number of morpholine rings is 1. The molecule has 2 aromatic carbocycles. The molecule has 1 fully saturated rings. The molecule has 5 nitrogen and oxygen atoms in total. The lowest BCUT2D eigenvalue weighted by atomic mass is 10.1. The Labute approximate surface area is 185 Å². The molecule has 0 aliphatic carbocycles. The highest BCUT2D eigenvalue weighted by atomic mass is 127. The second-order valence-corrected chi connectivity index (χ2v) is 6.90. The molecule has 0 unspecified atom stereocenters. The van der Waals surface area contributed by atoms with E-state index < -0.39 is 0 Å². The Kier molecular flexibility index (Phi) is 9.73. The predicted octanol–water partition coefficient (Wildman–Crippen LogP) is 3.34. The summed E-state index contributed by atoms with van der Waals surface area (Å²) in [5, 5.41) is 3.52. The van der Waals surface area contributed by atoms with Crippen LogP contribution in [0.25, 0.3) is 0 Å². The van der Waals surface area contributed by atoms with Crippen LogP contribution in [0.5, 0.6) is 0 Å². The van der Waals surface area contributed by atoms with Gasteiger partial charge in [-0.05, 0) is 16.7 Å². The summed E-state index contributed by atoms with van der Waals surface area (Å²) >= 11 is 0. The van der Waals surface area contributed by atoms with Gasteiger partial charge in [-0.25, -0.2) is 0 Å². The molecule has 28 heavy (non-hydrogen) atoms. The zero-order chi connectivity index (χ0) is 18.9. The van der Waals surface area contributed by atoms with Crippen molar-refractivity contribution < 1.29 is 4.74 Å². The molecule has 1 heterocycles. The van der Waals surface area contributed by atoms with E-state index in [0.29, 0.717) is 0 Å². The van der Waals surface area contributed by atoms with Crippen LogP contribution in [-0.4, -0.2) is 56.2 Å². The Hall–Kier alpha value is -1.64. The number of aliphatic imine (C=N–C) groups is 1. The summed E-state index contributed by atoms with van der Waals surface area (Å²) in [6.07, 6.45) is 0. The van der Waals surface area contributed by atoms with E-state index in [1.807, 2.05) is 13.1 Å². The van der Waals surface area contributed by atoms with Crippen LogP contribution in [-0.2, 0) is 24.4 Å². The zero-order valence-corrected chi connectivity index (χ0v) is 19.1. The van der Waals surface area contributed by atoms with Gasteiger partial charge < -0.3 is 15.0 Å².